The number of hydrogen-bond donors (Lipinski definition) is 2. The van der Waals surface area contributed by atoms with Crippen LogP contribution in [-0.2, 0) is 9.47 Å². The molecule has 21 heavy (non-hydrogen) atoms. The number of pyridine rings is 1. The highest BCUT2D eigenvalue weighted by molar-refractivity contribution is 5.84. The van der Waals surface area contributed by atoms with Crippen LogP contribution in [0.4, 0.5) is 5.82 Å². The van der Waals surface area contributed by atoms with Gasteiger partial charge in [0.25, 0.3) is 0 Å². The third-order valence-electron chi connectivity index (χ3n) is 4.56. The molecule has 1 saturated heterocycles. The van der Waals surface area contributed by atoms with E-state index >= 15 is 0 Å². The zero-order chi connectivity index (χ0) is 14.4. The van der Waals surface area contributed by atoms with Crippen molar-refractivity contribution >= 4 is 16.9 Å². The Balaban J connectivity index is 1.67. The van der Waals surface area contributed by atoms with Gasteiger partial charge in [-0.1, -0.05) is 0 Å². The summed E-state index contributed by atoms with van der Waals surface area (Å²) in [5, 5.41) is 0. The number of fused-ring (bicyclic) bond motifs is 1. The van der Waals surface area contributed by atoms with E-state index in [0.717, 1.165) is 31.2 Å². The van der Waals surface area contributed by atoms with Crippen LogP contribution in [0.15, 0.2) is 17.1 Å². The molecule has 0 bridgehead atoms. The van der Waals surface area contributed by atoms with Gasteiger partial charge in [0.2, 0.25) is 0 Å². The highest BCUT2D eigenvalue weighted by atomic mass is 16.7. The molecule has 0 atom stereocenters. The van der Waals surface area contributed by atoms with Crippen molar-refractivity contribution in [3.63, 3.8) is 0 Å². The molecule has 1 saturated carbocycles. The lowest BCUT2D eigenvalue weighted by Crippen LogP contribution is -2.37. The highest BCUT2D eigenvalue weighted by Gasteiger charge is 2.41. The normalized spacial score (nSPS) is 22.3. The van der Waals surface area contributed by atoms with Crippen molar-refractivity contribution in [2.75, 3.05) is 18.9 Å². The predicted molar refractivity (Wildman–Crippen MR) is 76.9 cm³/mol. The van der Waals surface area contributed by atoms with Crippen LogP contribution in [0.1, 0.15) is 31.7 Å². The molecular formula is C14H18N4O3. The molecule has 3 N–H and O–H groups in total. The summed E-state index contributed by atoms with van der Waals surface area (Å²) in [6.45, 7) is 1.33. The lowest BCUT2D eigenvalue weighted by Gasteiger charge is -2.35. The topological polar surface area (TPSA) is 95.2 Å². The van der Waals surface area contributed by atoms with Gasteiger partial charge < -0.3 is 20.2 Å². The fraction of sp³-hybridized carbons (Fsp3) is 0.571. The standard InChI is InChI=1S/C14H18N4O3/c15-12-11-10(3-6-16-12)18(13(19)17-11)9-1-4-14(5-2-9)20-7-8-21-14/h3,6,9H,1-2,4-5,7-8H2,(H2,15,16)(H,17,19). The van der Waals surface area contributed by atoms with Gasteiger partial charge >= 0.3 is 5.69 Å². The summed E-state index contributed by atoms with van der Waals surface area (Å²) in [7, 11) is 0. The van der Waals surface area contributed by atoms with Crippen LogP contribution in [0.2, 0.25) is 0 Å². The summed E-state index contributed by atoms with van der Waals surface area (Å²) in [5.41, 5.74) is 7.14. The Morgan fingerprint density at radius 3 is 2.76 bits per heavy atom. The smallest absolute Gasteiger partial charge is 0.326 e. The number of aromatic amines is 1. The third-order valence-corrected chi connectivity index (χ3v) is 4.56. The monoisotopic (exact) mass is 290 g/mol. The number of aromatic nitrogens is 3. The van der Waals surface area contributed by atoms with Gasteiger partial charge in [-0.2, -0.15) is 0 Å². The van der Waals surface area contributed by atoms with Gasteiger partial charge in [-0.3, -0.25) is 4.57 Å². The number of anilines is 1. The Labute approximate surface area is 121 Å². The molecule has 7 heteroatoms. The second-order valence-electron chi connectivity index (χ2n) is 5.73. The van der Waals surface area contributed by atoms with Gasteiger partial charge in [-0.25, -0.2) is 9.78 Å². The van der Waals surface area contributed by atoms with E-state index in [1.807, 2.05) is 6.07 Å². The lowest BCUT2D eigenvalue weighted by atomic mass is 9.90. The molecule has 0 unspecified atom stereocenters. The second kappa shape index (κ2) is 4.57. The number of H-pyrrole nitrogens is 1. The SMILES string of the molecule is Nc1nccc2c1[nH]c(=O)n2C1CCC2(CC1)OCCO2. The van der Waals surface area contributed by atoms with Crippen molar-refractivity contribution in [1.29, 1.82) is 0 Å². The Morgan fingerprint density at radius 2 is 2.05 bits per heavy atom. The van der Waals surface area contributed by atoms with E-state index in [1.165, 1.54) is 0 Å². The quantitative estimate of drug-likeness (QED) is 0.822. The van der Waals surface area contributed by atoms with Crippen LogP contribution in [0, 0.1) is 0 Å². The predicted octanol–water partition coefficient (Wildman–Crippen LogP) is 1.16. The number of nitrogens with two attached hydrogens (primary N) is 1. The van der Waals surface area contributed by atoms with Gasteiger partial charge in [0, 0.05) is 25.1 Å². The zero-order valence-electron chi connectivity index (χ0n) is 11.7. The van der Waals surface area contributed by atoms with Crippen LogP contribution < -0.4 is 11.4 Å². The fourth-order valence-corrected chi connectivity index (χ4v) is 3.52. The van der Waals surface area contributed by atoms with Crippen molar-refractivity contribution in [3.8, 4) is 0 Å². The van der Waals surface area contributed by atoms with E-state index in [9.17, 15) is 4.79 Å². The summed E-state index contributed by atoms with van der Waals surface area (Å²) < 4.78 is 13.3. The Kier molecular flexibility index (Phi) is 2.80. The number of hydrogen-bond acceptors (Lipinski definition) is 5. The molecule has 0 aromatic carbocycles. The molecule has 1 spiro atoms. The molecule has 2 aromatic rings. The van der Waals surface area contributed by atoms with E-state index < -0.39 is 5.79 Å². The molecule has 0 amide bonds. The van der Waals surface area contributed by atoms with Crippen LogP contribution in [-0.4, -0.2) is 33.5 Å². The van der Waals surface area contributed by atoms with Crippen LogP contribution in [0.25, 0.3) is 11.0 Å². The number of nitrogens with one attached hydrogen (secondary N) is 1. The average molecular weight is 290 g/mol. The average Bonchev–Trinajstić information content (AvgIpc) is 3.06. The molecule has 3 heterocycles. The maximum atomic E-state index is 12.3. The first-order chi connectivity index (χ1) is 10.2. The lowest BCUT2D eigenvalue weighted by molar-refractivity contribution is -0.181. The van der Waals surface area contributed by atoms with Crippen molar-refractivity contribution in [3.05, 3.63) is 22.7 Å². The first-order valence-corrected chi connectivity index (χ1v) is 7.31. The van der Waals surface area contributed by atoms with Gasteiger partial charge in [-0.15, -0.1) is 0 Å². The number of ether oxygens (including phenoxy) is 2. The van der Waals surface area contributed by atoms with Crippen molar-refractivity contribution in [2.45, 2.75) is 37.5 Å². The molecule has 2 fully saturated rings. The fourth-order valence-electron chi connectivity index (χ4n) is 3.52. The largest absolute Gasteiger partial charge is 0.382 e. The van der Waals surface area contributed by atoms with Gasteiger partial charge in [0.05, 0.1) is 18.7 Å². The minimum Gasteiger partial charge on any atom is -0.382 e. The minimum absolute atomic E-state index is 0.126. The molecule has 1 aliphatic carbocycles. The third kappa shape index (κ3) is 1.96. The second-order valence-corrected chi connectivity index (χ2v) is 5.73. The van der Waals surface area contributed by atoms with Gasteiger partial charge in [0.1, 0.15) is 11.3 Å². The summed E-state index contributed by atoms with van der Waals surface area (Å²) >= 11 is 0. The van der Waals surface area contributed by atoms with Crippen molar-refractivity contribution in [1.82, 2.24) is 14.5 Å². The Bertz CT molecular complexity index is 719. The number of imidazole rings is 1. The van der Waals surface area contributed by atoms with Gasteiger partial charge in [-0.05, 0) is 18.9 Å². The maximum Gasteiger partial charge on any atom is 0.326 e. The summed E-state index contributed by atoms with van der Waals surface area (Å²) in [6, 6.07) is 1.97. The molecule has 2 aromatic heterocycles. The number of nitrogen functional groups attached to an aromatic ring is 1. The Morgan fingerprint density at radius 1 is 1.33 bits per heavy atom. The summed E-state index contributed by atoms with van der Waals surface area (Å²) in [6.07, 6.45) is 4.98. The molecule has 4 rings (SSSR count). The number of nitrogens with zero attached hydrogens (tertiary/aromatic N) is 2. The van der Waals surface area contributed by atoms with E-state index in [2.05, 4.69) is 9.97 Å². The van der Waals surface area contributed by atoms with E-state index in [4.69, 9.17) is 15.2 Å². The van der Waals surface area contributed by atoms with E-state index in [0.29, 0.717) is 24.5 Å². The van der Waals surface area contributed by atoms with Crippen molar-refractivity contribution in [2.24, 2.45) is 0 Å². The summed E-state index contributed by atoms with van der Waals surface area (Å²) in [5.74, 6) is -0.0506. The zero-order valence-corrected chi connectivity index (χ0v) is 11.7. The molecule has 7 nitrogen and oxygen atoms in total. The summed E-state index contributed by atoms with van der Waals surface area (Å²) in [4.78, 5) is 19.1. The first-order valence-electron chi connectivity index (χ1n) is 7.31. The molecule has 1 aliphatic heterocycles. The van der Waals surface area contributed by atoms with E-state index in [-0.39, 0.29) is 11.7 Å². The van der Waals surface area contributed by atoms with Crippen LogP contribution in [0.5, 0.6) is 0 Å². The molecule has 0 radical (unpaired) electrons. The van der Waals surface area contributed by atoms with E-state index in [1.54, 1.807) is 10.8 Å². The van der Waals surface area contributed by atoms with Crippen LogP contribution in [0.3, 0.4) is 0 Å². The molecule has 2 aliphatic rings. The molecule has 112 valence electrons. The van der Waals surface area contributed by atoms with Crippen LogP contribution >= 0.6 is 0 Å². The first kappa shape index (κ1) is 12.8. The minimum atomic E-state index is -0.410. The van der Waals surface area contributed by atoms with Gasteiger partial charge in [0.15, 0.2) is 5.79 Å². The highest BCUT2D eigenvalue weighted by Crippen LogP contribution is 2.40. The molecular weight excluding hydrogens is 272 g/mol. The maximum absolute atomic E-state index is 12.3. The van der Waals surface area contributed by atoms with Crippen molar-refractivity contribution < 1.29 is 9.47 Å². The number of rotatable bonds is 1. The Hall–Kier alpha value is -1.86.